The second-order valence-corrected chi connectivity index (χ2v) is 13.3. The summed E-state index contributed by atoms with van der Waals surface area (Å²) in [5, 5.41) is 4.95. The molecule has 1 atom stereocenters. The van der Waals surface area contributed by atoms with Crippen molar-refractivity contribution in [2.75, 3.05) is 24.7 Å². The lowest BCUT2D eigenvalue weighted by Gasteiger charge is -2.48. The summed E-state index contributed by atoms with van der Waals surface area (Å²) >= 11 is 0. The minimum absolute atomic E-state index is 0.0577. The van der Waals surface area contributed by atoms with Crippen molar-refractivity contribution in [2.24, 2.45) is 0 Å². The number of amides is 3. The Bertz CT molecular complexity index is 1340. The van der Waals surface area contributed by atoms with Crippen molar-refractivity contribution in [1.29, 1.82) is 0 Å². The van der Waals surface area contributed by atoms with Gasteiger partial charge in [-0.15, -0.1) is 0 Å². The number of anilines is 1. The zero-order valence-electron chi connectivity index (χ0n) is 23.4. The van der Waals surface area contributed by atoms with E-state index in [1.54, 1.807) is 35.2 Å². The fourth-order valence-corrected chi connectivity index (χ4v) is 7.80. The Morgan fingerprint density at radius 2 is 1.73 bits per heavy atom. The molecule has 0 aromatic heterocycles. The molecule has 1 aliphatic heterocycles. The van der Waals surface area contributed by atoms with Crippen LogP contribution in [0.5, 0.6) is 0 Å². The largest absolute Gasteiger partial charge is 0.416 e. The number of urea groups is 1. The van der Waals surface area contributed by atoms with E-state index in [0.29, 0.717) is 18.9 Å². The van der Waals surface area contributed by atoms with Gasteiger partial charge in [-0.2, -0.15) is 13.2 Å². The van der Waals surface area contributed by atoms with E-state index >= 15 is 0 Å². The average molecular weight is 595 g/mol. The van der Waals surface area contributed by atoms with Gasteiger partial charge in [0.2, 0.25) is 5.91 Å². The molecule has 2 aromatic rings. The Morgan fingerprint density at radius 1 is 1.07 bits per heavy atom. The first-order chi connectivity index (χ1) is 19.2. The van der Waals surface area contributed by atoms with Crippen LogP contribution in [-0.2, 0) is 20.8 Å². The van der Waals surface area contributed by atoms with Crippen LogP contribution in [0.2, 0.25) is 0 Å². The first-order valence-corrected chi connectivity index (χ1v) is 15.4. The van der Waals surface area contributed by atoms with E-state index < -0.39 is 39.2 Å². The minimum atomic E-state index is -4.56. The molecule has 0 radical (unpaired) electrons. The molecule has 0 spiro atoms. The standard InChI is InChI=1S/C29H37F3N4O4S/c1-20(2)35(3)23-12-15-28(16-13-23,19-41(39,40)24-10-5-4-6-11-24)36-17-14-25(26(36)37)34-27(38)33-22-9-7-8-21(18-22)29(30,31)32/h4-11,18,20,23,25H,12-17,19H2,1-3H3,(H2,33,34,38)/t23?,25-,28?/m0/s1. The van der Waals surface area contributed by atoms with Gasteiger partial charge in [0.1, 0.15) is 6.04 Å². The van der Waals surface area contributed by atoms with E-state index in [0.717, 1.165) is 25.0 Å². The zero-order valence-corrected chi connectivity index (χ0v) is 24.3. The fourth-order valence-electron chi connectivity index (χ4n) is 5.91. The van der Waals surface area contributed by atoms with Crippen LogP contribution in [0, 0.1) is 0 Å². The normalized spacial score (nSPS) is 23.7. The number of nitrogens with zero attached hydrogens (tertiary/aromatic N) is 2. The third kappa shape index (κ3) is 7.03. The van der Waals surface area contributed by atoms with Crippen molar-refractivity contribution in [3.8, 4) is 0 Å². The molecule has 224 valence electrons. The summed E-state index contributed by atoms with van der Waals surface area (Å²) in [4.78, 5) is 30.4. The highest BCUT2D eigenvalue weighted by molar-refractivity contribution is 7.91. The molecular weight excluding hydrogens is 557 g/mol. The lowest BCUT2D eigenvalue weighted by molar-refractivity contribution is -0.137. The average Bonchev–Trinajstić information content (AvgIpc) is 3.28. The second-order valence-electron chi connectivity index (χ2n) is 11.3. The molecular formula is C29H37F3N4O4S. The summed E-state index contributed by atoms with van der Waals surface area (Å²) in [6.45, 7) is 4.47. The molecule has 2 N–H and O–H groups in total. The van der Waals surface area contributed by atoms with Crippen LogP contribution >= 0.6 is 0 Å². The van der Waals surface area contributed by atoms with Gasteiger partial charge in [0.05, 0.1) is 21.8 Å². The summed E-state index contributed by atoms with van der Waals surface area (Å²) in [5.41, 5.74) is -1.90. The van der Waals surface area contributed by atoms with E-state index in [4.69, 9.17) is 0 Å². The molecule has 0 unspecified atom stereocenters. The van der Waals surface area contributed by atoms with Gasteiger partial charge in [-0.25, -0.2) is 13.2 Å². The maximum Gasteiger partial charge on any atom is 0.416 e. The van der Waals surface area contributed by atoms with Gasteiger partial charge in [0.25, 0.3) is 0 Å². The van der Waals surface area contributed by atoms with E-state index in [1.165, 1.54) is 12.1 Å². The smallest absolute Gasteiger partial charge is 0.334 e. The molecule has 3 amide bonds. The van der Waals surface area contributed by atoms with Crippen molar-refractivity contribution in [3.63, 3.8) is 0 Å². The molecule has 41 heavy (non-hydrogen) atoms. The third-order valence-corrected chi connectivity index (χ3v) is 10.3. The number of carbonyl (C=O) groups is 2. The first kappa shape index (κ1) is 30.8. The van der Waals surface area contributed by atoms with Crippen LogP contribution in [0.3, 0.4) is 0 Å². The number of hydrogen-bond donors (Lipinski definition) is 2. The van der Waals surface area contributed by atoms with E-state index in [2.05, 4.69) is 29.4 Å². The highest BCUT2D eigenvalue weighted by atomic mass is 32.2. The monoisotopic (exact) mass is 594 g/mol. The van der Waals surface area contributed by atoms with Gasteiger partial charge < -0.3 is 20.4 Å². The molecule has 1 saturated heterocycles. The van der Waals surface area contributed by atoms with Gasteiger partial charge >= 0.3 is 12.2 Å². The van der Waals surface area contributed by atoms with Crippen LogP contribution in [0.4, 0.5) is 23.7 Å². The fraction of sp³-hybridized carbons (Fsp3) is 0.517. The number of rotatable bonds is 8. The van der Waals surface area contributed by atoms with Crippen molar-refractivity contribution < 1.29 is 31.2 Å². The summed E-state index contributed by atoms with van der Waals surface area (Å²) < 4.78 is 66.2. The topological polar surface area (TPSA) is 98.8 Å². The van der Waals surface area contributed by atoms with Crippen LogP contribution < -0.4 is 10.6 Å². The van der Waals surface area contributed by atoms with Crippen LogP contribution in [0.1, 0.15) is 51.5 Å². The Labute approximate surface area is 239 Å². The summed E-state index contributed by atoms with van der Waals surface area (Å²) in [6.07, 6.45) is -1.87. The second kappa shape index (κ2) is 12.0. The lowest BCUT2D eigenvalue weighted by atomic mass is 9.78. The van der Waals surface area contributed by atoms with Crippen LogP contribution in [-0.4, -0.2) is 73.2 Å². The maximum atomic E-state index is 13.7. The molecule has 8 nitrogen and oxygen atoms in total. The van der Waals surface area contributed by atoms with Crippen molar-refractivity contribution >= 4 is 27.5 Å². The predicted molar refractivity (Wildman–Crippen MR) is 150 cm³/mol. The number of likely N-dealkylation sites (tertiary alicyclic amines) is 1. The third-order valence-electron chi connectivity index (χ3n) is 8.37. The number of hydrogen-bond acceptors (Lipinski definition) is 5. The van der Waals surface area contributed by atoms with Gasteiger partial charge in [-0.1, -0.05) is 24.3 Å². The van der Waals surface area contributed by atoms with Crippen molar-refractivity contribution in [2.45, 2.75) is 80.7 Å². The molecule has 2 aromatic carbocycles. The maximum absolute atomic E-state index is 13.7. The predicted octanol–water partition coefficient (Wildman–Crippen LogP) is 4.92. The van der Waals surface area contributed by atoms with Gasteiger partial charge in [-0.3, -0.25) is 4.79 Å². The molecule has 4 rings (SSSR count). The van der Waals surface area contributed by atoms with E-state index in [-0.39, 0.29) is 41.3 Å². The number of nitrogens with one attached hydrogen (secondary N) is 2. The Balaban J connectivity index is 1.51. The molecule has 1 heterocycles. The number of alkyl halides is 3. The molecule has 2 aliphatic rings. The number of benzene rings is 2. The van der Waals surface area contributed by atoms with Crippen LogP contribution in [0.25, 0.3) is 0 Å². The number of carbonyl (C=O) groups excluding carboxylic acids is 2. The number of halogens is 3. The summed E-state index contributed by atoms with van der Waals surface area (Å²) in [5.74, 6) is -0.611. The van der Waals surface area contributed by atoms with Crippen molar-refractivity contribution in [1.82, 2.24) is 15.1 Å². The first-order valence-electron chi connectivity index (χ1n) is 13.8. The Morgan fingerprint density at radius 3 is 2.34 bits per heavy atom. The molecule has 1 aliphatic carbocycles. The van der Waals surface area contributed by atoms with Gasteiger partial charge in [0.15, 0.2) is 9.84 Å². The van der Waals surface area contributed by atoms with E-state index in [9.17, 15) is 31.2 Å². The molecule has 0 bridgehead atoms. The quantitative estimate of drug-likeness (QED) is 0.452. The Hall–Kier alpha value is -3.12. The number of sulfone groups is 1. The van der Waals surface area contributed by atoms with E-state index in [1.807, 2.05) is 7.05 Å². The molecule has 12 heteroatoms. The summed E-state index contributed by atoms with van der Waals surface area (Å²) in [7, 11) is -1.68. The van der Waals surface area contributed by atoms with Crippen molar-refractivity contribution in [3.05, 3.63) is 60.2 Å². The lowest BCUT2D eigenvalue weighted by Crippen LogP contribution is -2.59. The van der Waals surface area contributed by atoms with Gasteiger partial charge in [0, 0.05) is 24.3 Å². The highest BCUT2D eigenvalue weighted by Gasteiger charge is 2.50. The minimum Gasteiger partial charge on any atom is -0.334 e. The molecule has 2 fully saturated rings. The molecule has 1 saturated carbocycles. The zero-order chi connectivity index (χ0) is 30.0. The summed E-state index contributed by atoms with van der Waals surface area (Å²) in [6, 6.07) is 11.2. The van der Waals surface area contributed by atoms with Crippen LogP contribution in [0.15, 0.2) is 59.5 Å². The SMILES string of the molecule is CC(C)N(C)C1CCC(CS(=O)(=O)c2ccccc2)(N2CC[C@H](NC(=O)Nc3cccc(C(F)(F)F)c3)C2=O)CC1. The van der Waals surface area contributed by atoms with Gasteiger partial charge in [-0.05, 0) is 83.3 Å². The Kier molecular flexibility index (Phi) is 9.03. The highest BCUT2D eigenvalue weighted by Crippen LogP contribution is 2.40.